The summed E-state index contributed by atoms with van der Waals surface area (Å²) in [6, 6.07) is 9.37. The lowest BCUT2D eigenvalue weighted by Gasteiger charge is -2.37. The first kappa shape index (κ1) is 17.4. The fourth-order valence-electron chi connectivity index (χ4n) is 3.30. The van der Waals surface area contributed by atoms with Crippen molar-refractivity contribution >= 4 is 17.8 Å². The Morgan fingerprint density at radius 1 is 1.24 bits per heavy atom. The summed E-state index contributed by atoms with van der Waals surface area (Å²) in [5, 5.41) is 4.97. The van der Waals surface area contributed by atoms with E-state index >= 15 is 0 Å². The summed E-state index contributed by atoms with van der Waals surface area (Å²) in [5.74, 6) is -0.513. The molecule has 1 aromatic carbocycles. The van der Waals surface area contributed by atoms with Crippen LogP contribution in [0.1, 0.15) is 25.3 Å². The van der Waals surface area contributed by atoms with E-state index in [2.05, 4.69) is 10.6 Å². The van der Waals surface area contributed by atoms with Gasteiger partial charge in [0.15, 0.2) is 0 Å². The van der Waals surface area contributed by atoms with Crippen LogP contribution in [0.15, 0.2) is 30.3 Å². The number of urea groups is 1. The number of carbonyl (C=O) groups excluding carboxylic acids is 3. The molecule has 2 fully saturated rings. The van der Waals surface area contributed by atoms with Gasteiger partial charge in [-0.3, -0.25) is 14.9 Å². The minimum atomic E-state index is -0.846. The number of hydrogen-bond acceptors (Lipinski definition) is 4. The van der Waals surface area contributed by atoms with Crippen LogP contribution in [0.3, 0.4) is 0 Å². The molecule has 0 unspecified atom stereocenters. The molecule has 3 rings (SSSR count). The van der Waals surface area contributed by atoms with Gasteiger partial charge in [-0.1, -0.05) is 37.3 Å². The van der Waals surface area contributed by atoms with Crippen molar-refractivity contribution in [2.45, 2.75) is 31.9 Å². The van der Waals surface area contributed by atoms with Gasteiger partial charge in [0.25, 0.3) is 5.91 Å². The van der Waals surface area contributed by atoms with Crippen LogP contribution in [0.25, 0.3) is 0 Å². The van der Waals surface area contributed by atoms with Crippen LogP contribution in [0.5, 0.6) is 0 Å². The molecule has 7 nitrogen and oxygen atoms in total. The second-order valence-electron chi connectivity index (χ2n) is 6.72. The average molecular weight is 345 g/mol. The lowest BCUT2D eigenvalue weighted by atomic mass is 9.87. The first-order valence-corrected chi connectivity index (χ1v) is 8.54. The predicted octanol–water partition coefficient (Wildman–Crippen LogP) is 1.04. The molecule has 0 aliphatic carbocycles. The standard InChI is InChI=1S/C18H23N3O4/c1-13(11-25-12-14-5-3-2-4-6-14)15(22)21-9-7-18(8-10-21)16(23)19-17(24)20-18/h2-6,13H,7-12H2,1H3,(H2,19,20,23,24)/t13-/m0/s1. The molecule has 134 valence electrons. The molecule has 2 heterocycles. The number of hydrogen-bond donors (Lipinski definition) is 2. The second-order valence-corrected chi connectivity index (χ2v) is 6.72. The number of nitrogens with one attached hydrogen (secondary N) is 2. The van der Waals surface area contributed by atoms with Crippen LogP contribution in [0.4, 0.5) is 4.79 Å². The number of piperidine rings is 1. The Hall–Kier alpha value is -2.41. The number of imide groups is 1. The van der Waals surface area contributed by atoms with E-state index in [1.54, 1.807) is 4.90 Å². The van der Waals surface area contributed by atoms with Crippen molar-refractivity contribution in [1.29, 1.82) is 0 Å². The topological polar surface area (TPSA) is 87.7 Å². The smallest absolute Gasteiger partial charge is 0.322 e. The van der Waals surface area contributed by atoms with E-state index in [0.717, 1.165) is 5.56 Å². The Bertz CT molecular complexity index is 654. The largest absolute Gasteiger partial charge is 0.376 e. The number of carbonyl (C=O) groups is 3. The Balaban J connectivity index is 1.45. The second kappa shape index (κ2) is 7.23. The van der Waals surface area contributed by atoms with E-state index in [9.17, 15) is 14.4 Å². The Morgan fingerprint density at radius 3 is 2.52 bits per heavy atom. The zero-order valence-electron chi connectivity index (χ0n) is 14.3. The summed E-state index contributed by atoms with van der Waals surface area (Å²) in [7, 11) is 0. The van der Waals surface area contributed by atoms with Crippen LogP contribution >= 0.6 is 0 Å². The molecule has 1 atom stereocenters. The molecule has 1 spiro atoms. The quantitative estimate of drug-likeness (QED) is 0.781. The first-order chi connectivity index (χ1) is 12.0. The fraction of sp³-hybridized carbons (Fsp3) is 0.500. The van der Waals surface area contributed by atoms with E-state index in [0.29, 0.717) is 39.1 Å². The molecule has 2 saturated heterocycles. The molecule has 0 bridgehead atoms. The van der Waals surface area contributed by atoms with Crippen molar-refractivity contribution in [3.8, 4) is 0 Å². The molecule has 7 heteroatoms. The van der Waals surface area contributed by atoms with Gasteiger partial charge >= 0.3 is 6.03 Å². The molecule has 2 aliphatic rings. The minimum Gasteiger partial charge on any atom is -0.376 e. The van der Waals surface area contributed by atoms with E-state index in [4.69, 9.17) is 4.74 Å². The zero-order valence-corrected chi connectivity index (χ0v) is 14.3. The highest BCUT2D eigenvalue weighted by Gasteiger charge is 2.48. The van der Waals surface area contributed by atoms with E-state index in [1.165, 1.54) is 0 Å². The third-order valence-corrected chi connectivity index (χ3v) is 4.84. The highest BCUT2D eigenvalue weighted by Crippen LogP contribution is 2.26. The lowest BCUT2D eigenvalue weighted by molar-refractivity contribution is -0.140. The van der Waals surface area contributed by atoms with Crippen LogP contribution in [0.2, 0.25) is 0 Å². The number of ether oxygens (including phenoxy) is 1. The molecular weight excluding hydrogens is 322 g/mol. The fourth-order valence-corrected chi connectivity index (χ4v) is 3.30. The van der Waals surface area contributed by atoms with Gasteiger partial charge in [-0.25, -0.2) is 4.79 Å². The number of amides is 4. The van der Waals surface area contributed by atoms with Crippen molar-refractivity contribution < 1.29 is 19.1 Å². The highest BCUT2D eigenvalue weighted by atomic mass is 16.5. The summed E-state index contributed by atoms with van der Waals surface area (Å²) >= 11 is 0. The van der Waals surface area contributed by atoms with Crippen molar-refractivity contribution in [3.05, 3.63) is 35.9 Å². The van der Waals surface area contributed by atoms with Gasteiger partial charge in [0.2, 0.25) is 5.91 Å². The summed E-state index contributed by atoms with van der Waals surface area (Å²) < 4.78 is 5.65. The summed E-state index contributed by atoms with van der Waals surface area (Å²) in [6.45, 7) is 3.59. The average Bonchev–Trinajstić information content (AvgIpc) is 2.89. The van der Waals surface area contributed by atoms with Crippen LogP contribution in [-0.2, 0) is 20.9 Å². The molecule has 0 aromatic heterocycles. The van der Waals surface area contributed by atoms with E-state index in [1.807, 2.05) is 37.3 Å². The summed E-state index contributed by atoms with van der Waals surface area (Å²) in [4.78, 5) is 37.6. The molecule has 25 heavy (non-hydrogen) atoms. The normalized spacial score (nSPS) is 20.3. The molecule has 0 radical (unpaired) electrons. The molecule has 0 saturated carbocycles. The molecule has 4 amide bonds. The Labute approximate surface area is 146 Å². The third-order valence-electron chi connectivity index (χ3n) is 4.84. The maximum atomic E-state index is 12.5. The van der Waals surface area contributed by atoms with Crippen LogP contribution < -0.4 is 10.6 Å². The van der Waals surface area contributed by atoms with Crippen molar-refractivity contribution in [2.75, 3.05) is 19.7 Å². The number of benzene rings is 1. The van der Waals surface area contributed by atoms with Crippen LogP contribution in [-0.4, -0.2) is 48.0 Å². The Kier molecular flexibility index (Phi) is 5.03. The molecular formula is C18H23N3O4. The lowest BCUT2D eigenvalue weighted by Crippen LogP contribution is -2.56. The van der Waals surface area contributed by atoms with Crippen molar-refractivity contribution in [1.82, 2.24) is 15.5 Å². The van der Waals surface area contributed by atoms with Gasteiger partial charge in [0, 0.05) is 13.1 Å². The minimum absolute atomic E-state index is 0.0210. The van der Waals surface area contributed by atoms with Gasteiger partial charge in [0.1, 0.15) is 5.54 Å². The van der Waals surface area contributed by atoms with Gasteiger partial charge < -0.3 is 15.0 Å². The third kappa shape index (κ3) is 3.82. The monoisotopic (exact) mass is 345 g/mol. The number of rotatable bonds is 5. The highest BCUT2D eigenvalue weighted by molar-refractivity contribution is 6.07. The predicted molar refractivity (Wildman–Crippen MR) is 90.5 cm³/mol. The number of nitrogens with zero attached hydrogens (tertiary/aromatic N) is 1. The van der Waals surface area contributed by atoms with E-state index < -0.39 is 11.6 Å². The van der Waals surface area contributed by atoms with Crippen molar-refractivity contribution in [2.24, 2.45) is 5.92 Å². The van der Waals surface area contributed by atoms with Gasteiger partial charge in [0.05, 0.1) is 19.1 Å². The summed E-state index contributed by atoms with van der Waals surface area (Å²) in [5.41, 5.74) is 0.228. The van der Waals surface area contributed by atoms with Crippen LogP contribution in [0, 0.1) is 5.92 Å². The first-order valence-electron chi connectivity index (χ1n) is 8.54. The molecule has 2 N–H and O–H groups in total. The molecule has 2 aliphatic heterocycles. The van der Waals surface area contributed by atoms with Gasteiger partial charge in [-0.05, 0) is 18.4 Å². The summed E-state index contributed by atoms with van der Waals surface area (Å²) in [6.07, 6.45) is 0.877. The van der Waals surface area contributed by atoms with Crippen molar-refractivity contribution in [3.63, 3.8) is 0 Å². The molecule has 1 aromatic rings. The number of likely N-dealkylation sites (tertiary alicyclic amines) is 1. The van der Waals surface area contributed by atoms with Gasteiger partial charge in [-0.2, -0.15) is 0 Å². The zero-order chi connectivity index (χ0) is 17.9. The van der Waals surface area contributed by atoms with E-state index in [-0.39, 0.29) is 17.7 Å². The SMILES string of the molecule is C[C@@H](COCc1ccccc1)C(=O)N1CCC2(CC1)NC(=O)NC2=O. The maximum absolute atomic E-state index is 12.5. The Morgan fingerprint density at radius 2 is 1.92 bits per heavy atom. The van der Waals surface area contributed by atoms with Gasteiger partial charge in [-0.15, -0.1) is 0 Å². The maximum Gasteiger partial charge on any atom is 0.322 e.